The van der Waals surface area contributed by atoms with Crippen LogP contribution in [0.5, 0.6) is 0 Å². The van der Waals surface area contributed by atoms with Crippen LogP contribution < -0.4 is 10.6 Å². The summed E-state index contributed by atoms with van der Waals surface area (Å²) in [6, 6.07) is 2.83. The summed E-state index contributed by atoms with van der Waals surface area (Å²) in [5, 5.41) is 6.11. The summed E-state index contributed by atoms with van der Waals surface area (Å²) in [5.41, 5.74) is 0.264. The van der Waals surface area contributed by atoms with E-state index in [1.54, 1.807) is 0 Å². The molecule has 2 heterocycles. The minimum Gasteiger partial charge on any atom is -0.348 e. The van der Waals surface area contributed by atoms with Crippen molar-refractivity contribution in [1.29, 1.82) is 0 Å². The highest BCUT2D eigenvalue weighted by molar-refractivity contribution is 5.92. The number of carbonyl (C=O) groups is 1. The van der Waals surface area contributed by atoms with Crippen molar-refractivity contribution < 1.29 is 9.18 Å². The third kappa shape index (κ3) is 2.76. The monoisotopic (exact) mass is 223 g/mol. The summed E-state index contributed by atoms with van der Waals surface area (Å²) >= 11 is 0. The van der Waals surface area contributed by atoms with Crippen LogP contribution in [0.2, 0.25) is 0 Å². The topological polar surface area (TPSA) is 54.0 Å². The zero-order chi connectivity index (χ0) is 11.4. The zero-order valence-electron chi connectivity index (χ0n) is 8.87. The van der Waals surface area contributed by atoms with Gasteiger partial charge in [-0.05, 0) is 38.1 Å². The van der Waals surface area contributed by atoms with Crippen molar-refractivity contribution in [2.75, 3.05) is 13.1 Å². The Morgan fingerprint density at radius 3 is 2.81 bits per heavy atom. The Bertz CT molecular complexity index is 360. The third-order valence-corrected chi connectivity index (χ3v) is 2.63. The van der Waals surface area contributed by atoms with Crippen molar-refractivity contribution in [1.82, 2.24) is 15.6 Å². The largest absolute Gasteiger partial charge is 0.348 e. The van der Waals surface area contributed by atoms with Crippen molar-refractivity contribution >= 4 is 5.91 Å². The van der Waals surface area contributed by atoms with Gasteiger partial charge in [0, 0.05) is 6.04 Å². The maximum Gasteiger partial charge on any atom is 0.270 e. The fourth-order valence-corrected chi connectivity index (χ4v) is 1.74. The predicted molar refractivity (Wildman–Crippen MR) is 57.6 cm³/mol. The Kier molecular flexibility index (Phi) is 3.46. The summed E-state index contributed by atoms with van der Waals surface area (Å²) in [6.07, 6.45) is 2.90. The van der Waals surface area contributed by atoms with Crippen molar-refractivity contribution in [2.45, 2.75) is 18.9 Å². The Morgan fingerprint density at radius 1 is 1.44 bits per heavy atom. The van der Waals surface area contributed by atoms with Gasteiger partial charge in [0.05, 0.1) is 6.20 Å². The van der Waals surface area contributed by atoms with E-state index in [1.165, 1.54) is 12.1 Å². The molecule has 1 aliphatic rings. The van der Waals surface area contributed by atoms with Crippen LogP contribution in [0.15, 0.2) is 18.3 Å². The Hall–Kier alpha value is -1.49. The maximum absolute atomic E-state index is 12.6. The quantitative estimate of drug-likeness (QED) is 0.776. The lowest BCUT2D eigenvalue weighted by Gasteiger charge is -2.23. The van der Waals surface area contributed by atoms with E-state index < -0.39 is 5.82 Å². The lowest BCUT2D eigenvalue weighted by atomic mass is 10.1. The molecule has 0 unspecified atom stereocenters. The van der Waals surface area contributed by atoms with Gasteiger partial charge in [-0.2, -0.15) is 0 Å². The third-order valence-electron chi connectivity index (χ3n) is 2.63. The number of rotatable bonds is 2. The molecule has 4 nitrogen and oxygen atoms in total. The van der Waals surface area contributed by atoms with Crippen LogP contribution in [0.25, 0.3) is 0 Å². The molecule has 0 aliphatic carbocycles. The number of halogens is 1. The number of nitrogens with zero attached hydrogens (tertiary/aromatic N) is 1. The summed E-state index contributed by atoms with van der Waals surface area (Å²) in [5.74, 6) is -0.662. The standard InChI is InChI=1S/C11H14FN3O/c12-8-1-2-10(14-7-8)11(16)15-9-3-5-13-6-4-9/h1-2,7,9,13H,3-6H2,(H,15,16). The highest BCUT2D eigenvalue weighted by atomic mass is 19.1. The number of aromatic nitrogens is 1. The van der Waals surface area contributed by atoms with Gasteiger partial charge in [0.25, 0.3) is 5.91 Å². The Morgan fingerprint density at radius 2 is 2.19 bits per heavy atom. The second-order valence-electron chi connectivity index (χ2n) is 3.86. The van der Waals surface area contributed by atoms with E-state index in [2.05, 4.69) is 15.6 Å². The smallest absolute Gasteiger partial charge is 0.270 e. The SMILES string of the molecule is O=C(NC1CCNCC1)c1ccc(F)cn1. The second-order valence-corrected chi connectivity index (χ2v) is 3.86. The molecule has 0 atom stereocenters. The van der Waals surface area contributed by atoms with Gasteiger partial charge < -0.3 is 10.6 Å². The number of piperidine rings is 1. The lowest BCUT2D eigenvalue weighted by Crippen LogP contribution is -2.42. The van der Waals surface area contributed by atoms with Gasteiger partial charge in [-0.1, -0.05) is 0 Å². The van der Waals surface area contributed by atoms with Gasteiger partial charge in [-0.15, -0.1) is 0 Å². The van der Waals surface area contributed by atoms with E-state index in [0.29, 0.717) is 0 Å². The molecule has 1 amide bonds. The normalized spacial score (nSPS) is 17.1. The van der Waals surface area contributed by atoms with Crippen LogP contribution >= 0.6 is 0 Å². The molecule has 16 heavy (non-hydrogen) atoms. The number of amides is 1. The van der Waals surface area contributed by atoms with Crippen LogP contribution in [-0.2, 0) is 0 Å². The van der Waals surface area contributed by atoms with E-state index >= 15 is 0 Å². The molecule has 1 aliphatic heterocycles. The van der Waals surface area contributed by atoms with E-state index in [4.69, 9.17) is 0 Å². The first kappa shape index (κ1) is 11.0. The number of hydrogen-bond donors (Lipinski definition) is 2. The van der Waals surface area contributed by atoms with Gasteiger partial charge in [0.15, 0.2) is 0 Å². The molecule has 0 aromatic carbocycles. The molecule has 0 saturated carbocycles. The first-order chi connectivity index (χ1) is 7.75. The van der Waals surface area contributed by atoms with E-state index in [1.807, 2.05) is 0 Å². The van der Waals surface area contributed by atoms with Gasteiger partial charge in [0.2, 0.25) is 0 Å². The minimum atomic E-state index is -0.432. The molecule has 1 fully saturated rings. The average molecular weight is 223 g/mol. The fourth-order valence-electron chi connectivity index (χ4n) is 1.74. The number of pyridine rings is 1. The zero-order valence-corrected chi connectivity index (χ0v) is 8.87. The predicted octanol–water partition coefficient (Wildman–Crippen LogP) is 0.702. The van der Waals surface area contributed by atoms with Crippen LogP contribution in [-0.4, -0.2) is 30.0 Å². The summed E-state index contributed by atoms with van der Waals surface area (Å²) in [7, 11) is 0. The average Bonchev–Trinajstić information content (AvgIpc) is 2.31. The molecule has 2 rings (SSSR count). The molecule has 0 radical (unpaired) electrons. The van der Waals surface area contributed by atoms with Gasteiger partial charge in [-0.3, -0.25) is 4.79 Å². The lowest BCUT2D eigenvalue weighted by molar-refractivity contribution is 0.0924. The number of nitrogens with one attached hydrogen (secondary N) is 2. The van der Waals surface area contributed by atoms with Crippen LogP contribution in [0, 0.1) is 5.82 Å². The summed E-state index contributed by atoms with van der Waals surface area (Å²) < 4.78 is 12.6. The first-order valence-corrected chi connectivity index (χ1v) is 5.39. The van der Waals surface area contributed by atoms with Crippen LogP contribution in [0.1, 0.15) is 23.3 Å². The Balaban J connectivity index is 1.94. The highest BCUT2D eigenvalue weighted by Gasteiger charge is 2.16. The molecule has 1 aromatic rings. The molecule has 1 aromatic heterocycles. The highest BCUT2D eigenvalue weighted by Crippen LogP contribution is 2.04. The fraction of sp³-hybridized carbons (Fsp3) is 0.455. The van der Waals surface area contributed by atoms with E-state index in [-0.39, 0.29) is 17.6 Å². The van der Waals surface area contributed by atoms with Gasteiger partial charge >= 0.3 is 0 Å². The van der Waals surface area contributed by atoms with Crippen LogP contribution in [0.4, 0.5) is 4.39 Å². The van der Waals surface area contributed by atoms with Crippen molar-refractivity contribution in [2.24, 2.45) is 0 Å². The van der Waals surface area contributed by atoms with Gasteiger partial charge in [-0.25, -0.2) is 9.37 Å². The van der Waals surface area contributed by atoms with Crippen molar-refractivity contribution in [3.8, 4) is 0 Å². The molecule has 0 bridgehead atoms. The van der Waals surface area contributed by atoms with E-state index in [0.717, 1.165) is 32.1 Å². The first-order valence-electron chi connectivity index (χ1n) is 5.39. The molecule has 5 heteroatoms. The molecule has 2 N–H and O–H groups in total. The summed E-state index contributed by atoms with van der Waals surface area (Å²) in [6.45, 7) is 1.84. The molecule has 86 valence electrons. The van der Waals surface area contributed by atoms with Gasteiger partial charge in [0.1, 0.15) is 11.5 Å². The minimum absolute atomic E-state index is 0.195. The second kappa shape index (κ2) is 5.03. The van der Waals surface area contributed by atoms with E-state index in [9.17, 15) is 9.18 Å². The molecular weight excluding hydrogens is 209 g/mol. The number of hydrogen-bond acceptors (Lipinski definition) is 3. The Labute approximate surface area is 93.3 Å². The molecule has 0 spiro atoms. The van der Waals surface area contributed by atoms with Crippen molar-refractivity contribution in [3.05, 3.63) is 29.8 Å². The maximum atomic E-state index is 12.6. The molecular formula is C11H14FN3O. The summed E-state index contributed by atoms with van der Waals surface area (Å²) in [4.78, 5) is 15.4. The van der Waals surface area contributed by atoms with Crippen LogP contribution in [0.3, 0.4) is 0 Å². The number of carbonyl (C=O) groups excluding carboxylic acids is 1. The molecule has 1 saturated heterocycles. The van der Waals surface area contributed by atoms with Crippen molar-refractivity contribution in [3.63, 3.8) is 0 Å².